The number of rotatable bonds is 3. The fourth-order valence-corrected chi connectivity index (χ4v) is 2.92. The lowest BCUT2D eigenvalue weighted by Gasteiger charge is -2.19. The molecular weight excluding hydrogens is 320 g/mol. The highest BCUT2D eigenvalue weighted by molar-refractivity contribution is 6.33. The van der Waals surface area contributed by atoms with E-state index in [0.717, 1.165) is 0 Å². The molecule has 1 aromatic carbocycles. The van der Waals surface area contributed by atoms with E-state index in [1.165, 1.54) is 11.3 Å². The van der Waals surface area contributed by atoms with E-state index in [1.807, 2.05) is 0 Å². The maximum Gasteiger partial charge on any atom is 0.311 e. The summed E-state index contributed by atoms with van der Waals surface area (Å²) >= 11 is 6.15. The third kappa shape index (κ3) is 2.70. The van der Waals surface area contributed by atoms with E-state index < -0.39 is 11.4 Å². The second-order valence-corrected chi connectivity index (χ2v) is 6.26. The Bertz CT molecular complexity index is 773. The van der Waals surface area contributed by atoms with Crippen molar-refractivity contribution in [2.24, 2.45) is 5.41 Å². The van der Waals surface area contributed by atoms with Crippen LogP contribution < -0.4 is 0 Å². The van der Waals surface area contributed by atoms with Crippen LogP contribution in [-0.2, 0) is 4.79 Å². The first-order chi connectivity index (χ1) is 10.9. The smallest absolute Gasteiger partial charge is 0.311 e. The zero-order valence-electron chi connectivity index (χ0n) is 12.5. The van der Waals surface area contributed by atoms with Gasteiger partial charge < -0.3 is 14.4 Å². The first-order valence-corrected chi connectivity index (χ1v) is 7.51. The second-order valence-electron chi connectivity index (χ2n) is 5.85. The number of nitrogens with zero attached hydrogens (tertiary/aromatic N) is 2. The van der Waals surface area contributed by atoms with Crippen molar-refractivity contribution in [1.29, 1.82) is 0 Å². The summed E-state index contributed by atoms with van der Waals surface area (Å²) in [5, 5.41) is 9.74. The third-order valence-corrected chi connectivity index (χ3v) is 4.49. The third-order valence-electron chi connectivity index (χ3n) is 4.17. The van der Waals surface area contributed by atoms with E-state index in [0.29, 0.717) is 29.3 Å². The van der Waals surface area contributed by atoms with Gasteiger partial charge in [0.1, 0.15) is 0 Å². The highest BCUT2D eigenvalue weighted by Gasteiger charge is 2.43. The summed E-state index contributed by atoms with van der Waals surface area (Å²) in [7, 11) is 0. The number of amides is 1. The highest BCUT2D eigenvalue weighted by atomic mass is 35.5. The Hall–Kier alpha value is -2.34. The van der Waals surface area contributed by atoms with Crippen molar-refractivity contribution < 1.29 is 19.1 Å². The monoisotopic (exact) mass is 334 g/mol. The average Bonchev–Trinajstić information content (AvgIpc) is 3.15. The van der Waals surface area contributed by atoms with Crippen molar-refractivity contribution in [2.45, 2.75) is 13.3 Å². The molecule has 1 saturated heterocycles. The minimum atomic E-state index is -0.927. The van der Waals surface area contributed by atoms with E-state index in [-0.39, 0.29) is 18.1 Å². The van der Waals surface area contributed by atoms with Gasteiger partial charge in [-0.2, -0.15) is 0 Å². The zero-order valence-corrected chi connectivity index (χ0v) is 13.2. The van der Waals surface area contributed by atoms with Gasteiger partial charge in [0, 0.05) is 18.7 Å². The molecule has 1 aliphatic heterocycles. The standard InChI is InChI=1S/C16H15ClN2O4/c1-16(15(21)22)6-7-19(8-16)14(20)12-13(23-9-18-12)10-4-2-3-5-11(10)17/h2-5,9H,6-8H2,1H3,(H,21,22)/t16-/m1/s1. The SMILES string of the molecule is C[C@@]1(C(=O)O)CCN(C(=O)c2ncoc2-c2ccccc2Cl)C1. The molecule has 0 spiro atoms. The average molecular weight is 335 g/mol. The lowest BCUT2D eigenvalue weighted by Crippen LogP contribution is -2.35. The Balaban J connectivity index is 1.90. The van der Waals surface area contributed by atoms with Gasteiger partial charge in [-0.1, -0.05) is 23.7 Å². The quantitative estimate of drug-likeness (QED) is 0.933. The van der Waals surface area contributed by atoms with E-state index >= 15 is 0 Å². The minimum absolute atomic E-state index is 0.146. The summed E-state index contributed by atoms with van der Waals surface area (Å²) in [5.74, 6) is -0.956. The molecule has 3 rings (SSSR count). The Morgan fingerprint density at radius 2 is 2.13 bits per heavy atom. The van der Waals surface area contributed by atoms with Crippen molar-refractivity contribution in [3.63, 3.8) is 0 Å². The molecule has 6 nitrogen and oxygen atoms in total. The van der Waals surface area contributed by atoms with Gasteiger partial charge in [-0.3, -0.25) is 9.59 Å². The van der Waals surface area contributed by atoms with Gasteiger partial charge in [-0.25, -0.2) is 4.98 Å². The molecule has 2 heterocycles. The predicted molar refractivity (Wildman–Crippen MR) is 83.2 cm³/mol. The van der Waals surface area contributed by atoms with E-state index in [9.17, 15) is 14.7 Å². The molecule has 0 bridgehead atoms. The van der Waals surface area contributed by atoms with Crippen molar-refractivity contribution in [3.05, 3.63) is 41.4 Å². The number of aliphatic carboxylic acids is 1. The Morgan fingerprint density at radius 3 is 2.78 bits per heavy atom. The van der Waals surface area contributed by atoms with Crippen LogP contribution >= 0.6 is 11.6 Å². The van der Waals surface area contributed by atoms with E-state index in [2.05, 4.69) is 4.98 Å². The number of likely N-dealkylation sites (tertiary alicyclic amines) is 1. The summed E-state index contributed by atoms with van der Waals surface area (Å²) in [5.41, 5.74) is -0.202. The second kappa shape index (κ2) is 5.70. The molecular formula is C16H15ClN2O4. The van der Waals surface area contributed by atoms with Gasteiger partial charge in [-0.05, 0) is 25.5 Å². The zero-order chi connectivity index (χ0) is 16.6. The highest BCUT2D eigenvalue weighted by Crippen LogP contribution is 2.34. The van der Waals surface area contributed by atoms with Crippen LogP contribution in [0.4, 0.5) is 0 Å². The van der Waals surface area contributed by atoms with Gasteiger partial charge in [0.05, 0.1) is 10.4 Å². The number of aromatic nitrogens is 1. The molecule has 0 radical (unpaired) electrons. The first-order valence-electron chi connectivity index (χ1n) is 7.13. The largest absolute Gasteiger partial charge is 0.481 e. The summed E-state index contributed by atoms with van der Waals surface area (Å²) in [4.78, 5) is 29.5. The molecule has 1 N–H and O–H groups in total. The van der Waals surface area contributed by atoms with Crippen LogP contribution in [0.2, 0.25) is 5.02 Å². The van der Waals surface area contributed by atoms with Crippen LogP contribution in [-0.4, -0.2) is 40.0 Å². The predicted octanol–water partition coefficient (Wildman–Crippen LogP) is 2.93. The van der Waals surface area contributed by atoms with Crippen molar-refractivity contribution >= 4 is 23.5 Å². The van der Waals surface area contributed by atoms with Gasteiger partial charge in [0.25, 0.3) is 5.91 Å². The van der Waals surface area contributed by atoms with Crippen LogP contribution in [0.25, 0.3) is 11.3 Å². The molecule has 7 heteroatoms. The Kier molecular flexibility index (Phi) is 3.85. The fourth-order valence-electron chi connectivity index (χ4n) is 2.69. The van der Waals surface area contributed by atoms with Gasteiger partial charge in [0.2, 0.25) is 0 Å². The number of halogens is 1. The molecule has 1 aromatic heterocycles. The molecule has 0 unspecified atom stereocenters. The van der Waals surface area contributed by atoms with Gasteiger partial charge in [0.15, 0.2) is 17.8 Å². The maximum absolute atomic E-state index is 12.7. The number of oxazole rings is 1. The fraction of sp³-hybridized carbons (Fsp3) is 0.312. The van der Waals surface area contributed by atoms with Crippen LogP contribution in [0.5, 0.6) is 0 Å². The normalized spacial score (nSPS) is 20.7. The van der Waals surface area contributed by atoms with Crippen LogP contribution in [0.1, 0.15) is 23.8 Å². The van der Waals surface area contributed by atoms with Crippen molar-refractivity contribution in [1.82, 2.24) is 9.88 Å². The van der Waals surface area contributed by atoms with Crippen molar-refractivity contribution in [2.75, 3.05) is 13.1 Å². The summed E-state index contributed by atoms with van der Waals surface area (Å²) in [6.45, 7) is 2.16. The summed E-state index contributed by atoms with van der Waals surface area (Å²) in [6.07, 6.45) is 1.60. The van der Waals surface area contributed by atoms with Gasteiger partial charge in [-0.15, -0.1) is 0 Å². The van der Waals surface area contributed by atoms with E-state index in [4.69, 9.17) is 16.0 Å². The Morgan fingerprint density at radius 1 is 1.39 bits per heavy atom. The number of carbonyl (C=O) groups is 2. The Labute approximate surface area is 137 Å². The number of carbonyl (C=O) groups excluding carboxylic acids is 1. The van der Waals surface area contributed by atoms with Crippen LogP contribution in [0.3, 0.4) is 0 Å². The molecule has 120 valence electrons. The number of benzene rings is 1. The number of hydrogen-bond acceptors (Lipinski definition) is 4. The maximum atomic E-state index is 12.7. The number of carboxylic acid groups (broad SMARTS) is 1. The molecule has 23 heavy (non-hydrogen) atoms. The first kappa shape index (κ1) is 15.6. The topological polar surface area (TPSA) is 83.6 Å². The molecule has 1 amide bonds. The molecule has 2 aromatic rings. The lowest BCUT2D eigenvalue weighted by atomic mass is 9.90. The molecule has 0 saturated carbocycles. The summed E-state index contributed by atoms with van der Waals surface area (Å²) < 4.78 is 5.35. The van der Waals surface area contributed by atoms with Crippen LogP contribution in [0, 0.1) is 5.41 Å². The minimum Gasteiger partial charge on any atom is -0.481 e. The van der Waals surface area contributed by atoms with Gasteiger partial charge >= 0.3 is 5.97 Å². The summed E-state index contributed by atoms with van der Waals surface area (Å²) in [6, 6.07) is 7.01. The number of hydrogen-bond donors (Lipinski definition) is 1. The lowest BCUT2D eigenvalue weighted by molar-refractivity contribution is -0.147. The van der Waals surface area contributed by atoms with Crippen LogP contribution in [0.15, 0.2) is 35.1 Å². The van der Waals surface area contributed by atoms with Crippen molar-refractivity contribution in [3.8, 4) is 11.3 Å². The molecule has 1 aliphatic rings. The van der Waals surface area contributed by atoms with E-state index in [1.54, 1.807) is 31.2 Å². The molecule has 1 atom stereocenters. The number of carboxylic acids is 1. The molecule has 0 aliphatic carbocycles. The molecule has 1 fully saturated rings.